The quantitative estimate of drug-likeness (QED) is 0.785. The molecule has 0 saturated heterocycles. The number of anilines is 1. The van der Waals surface area contributed by atoms with Crippen LogP contribution in [0.25, 0.3) is 0 Å². The monoisotopic (exact) mass is 272 g/mol. The van der Waals surface area contributed by atoms with Gasteiger partial charge in [0.2, 0.25) is 0 Å². The summed E-state index contributed by atoms with van der Waals surface area (Å²) in [7, 11) is 0. The van der Waals surface area contributed by atoms with E-state index in [2.05, 4.69) is 16.7 Å². The van der Waals surface area contributed by atoms with Gasteiger partial charge in [0.1, 0.15) is 0 Å². The Hall–Kier alpha value is -2.22. The van der Waals surface area contributed by atoms with E-state index in [0.29, 0.717) is 12.6 Å². The molecule has 0 radical (unpaired) electrons. The number of nitrogens with two attached hydrogens (primary N) is 1. The van der Waals surface area contributed by atoms with E-state index >= 15 is 0 Å². The standard InChI is InChI=1S/C15H20N4O/c16-9-12-2-1-3-14(8-12)19-13-6-4-11(5-7-13)10-18-15(17)20/h4-7,12,14,19H,1-3,8,10H2,(H3,17,18,20). The molecule has 0 spiro atoms. The van der Waals surface area contributed by atoms with Gasteiger partial charge in [-0.3, -0.25) is 0 Å². The van der Waals surface area contributed by atoms with Gasteiger partial charge in [0, 0.05) is 24.2 Å². The molecule has 0 heterocycles. The summed E-state index contributed by atoms with van der Waals surface area (Å²) in [4.78, 5) is 10.6. The first-order valence-corrected chi connectivity index (χ1v) is 6.96. The number of primary amides is 1. The van der Waals surface area contributed by atoms with Gasteiger partial charge >= 0.3 is 6.03 Å². The Morgan fingerprint density at radius 2 is 2.10 bits per heavy atom. The zero-order valence-corrected chi connectivity index (χ0v) is 11.4. The highest BCUT2D eigenvalue weighted by molar-refractivity contribution is 5.71. The maximum atomic E-state index is 10.6. The van der Waals surface area contributed by atoms with Gasteiger partial charge in [0.15, 0.2) is 0 Å². The zero-order chi connectivity index (χ0) is 14.4. The van der Waals surface area contributed by atoms with Crippen molar-refractivity contribution in [3.8, 4) is 6.07 Å². The van der Waals surface area contributed by atoms with Crippen LogP contribution in [-0.4, -0.2) is 12.1 Å². The third-order valence-electron chi connectivity index (χ3n) is 3.65. The molecule has 2 rings (SSSR count). The summed E-state index contributed by atoms with van der Waals surface area (Å²) in [6.07, 6.45) is 4.16. The molecule has 4 N–H and O–H groups in total. The molecule has 1 aromatic carbocycles. The number of nitriles is 1. The fourth-order valence-electron chi connectivity index (χ4n) is 2.58. The van der Waals surface area contributed by atoms with Crippen molar-refractivity contribution in [1.82, 2.24) is 5.32 Å². The van der Waals surface area contributed by atoms with E-state index in [0.717, 1.165) is 36.9 Å². The van der Waals surface area contributed by atoms with E-state index in [1.165, 1.54) is 0 Å². The number of hydrogen-bond donors (Lipinski definition) is 3. The second kappa shape index (κ2) is 6.80. The summed E-state index contributed by atoms with van der Waals surface area (Å²) < 4.78 is 0. The fraction of sp³-hybridized carbons (Fsp3) is 0.467. The van der Waals surface area contributed by atoms with Gasteiger partial charge in [-0.2, -0.15) is 5.26 Å². The lowest BCUT2D eigenvalue weighted by Crippen LogP contribution is -2.28. The summed E-state index contributed by atoms with van der Waals surface area (Å²) >= 11 is 0. The normalized spacial score (nSPS) is 21.8. The number of carbonyl (C=O) groups excluding carboxylic acids is 1. The van der Waals surface area contributed by atoms with Crippen LogP contribution in [0, 0.1) is 17.2 Å². The van der Waals surface area contributed by atoms with Crippen LogP contribution < -0.4 is 16.4 Å². The zero-order valence-electron chi connectivity index (χ0n) is 11.4. The summed E-state index contributed by atoms with van der Waals surface area (Å²) in [6, 6.07) is 10.1. The minimum atomic E-state index is -0.517. The van der Waals surface area contributed by atoms with Crippen LogP contribution >= 0.6 is 0 Å². The summed E-state index contributed by atoms with van der Waals surface area (Å²) in [5.74, 6) is 0.181. The third-order valence-corrected chi connectivity index (χ3v) is 3.65. The number of carbonyl (C=O) groups is 1. The Bertz CT molecular complexity index is 492. The highest BCUT2D eigenvalue weighted by Gasteiger charge is 2.21. The van der Waals surface area contributed by atoms with Gasteiger partial charge < -0.3 is 16.4 Å². The lowest BCUT2D eigenvalue weighted by atomic mass is 9.86. The van der Waals surface area contributed by atoms with Crippen molar-refractivity contribution >= 4 is 11.7 Å². The molecular weight excluding hydrogens is 252 g/mol. The van der Waals surface area contributed by atoms with Crippen molar-refractivity contribution < 1.29 is 4.79 Å². The largest absolute Gasteiger partial charge is 0.382 e. The fourth-order valence-corrected chi connectivity index (χ4v) is 2.58. The van der Waals surface area contributed by atoms with Crippen molar-refractivity contribution in [2.45, 2.75) is 38.3 Å². The van der Waals surface area contributed by atoms with Crippen molar-refractivity contribution in [3.63, 3.8) is 0 Å². The minimum Gasteiger partial charge on any atom is -0.382 e. The van der Waals surface area contributed by atoms with Crippen LogP contribution in [0.2, 0.25) is 0 Å². The summed E-state index contributed by atoms with van der Waals surface area (Å²) in [5, 5.41) is 15.0. The van der Waals surface area contributed by atoms with E-state index in [4.69, 9.17) is 11.0 Å². The molecule has 20 heavy (non-hydrogen) atoms. The average Bonchev–Trinajstić information content (AvgIpc) is 2.47. The first kappa shape index (κ1) is 14.2. The Kier molecular flexibility index (Phi) is 4.83. The average molecular weight is 272 g/mol. The number of urea groups is 1. The Morgan fingerprint density at radius 1 is 1.35 bits per heavy atom. The molecule has 0 aliphatic heterocycles. The smallest absolute Gasteiger partial charge is 0.312 e. The number of hydrogen-bond acceptors (Lipinski definition) is 3. The molecule has 106 valence electrons. The molecule has 0 aromatic heterocycles. The number of nitrogens with one attached hydrogen (secondary N) is 2. The molecule has 2 unspecified atom stereocenters. The van der Waals surface area contributed by atoms with E-state index in [1.54, 1.807) is 0 Å². The highest BCUT2D eigenvalue weighted by atomic mass is 16.2. The first-order chi connectivity index (χ1) is 9.67. The van der Waals surface area contributed by atoms with Crippen LogP contribution in [0.1, 0.15) is 31.2 Å². The van der Waals surface area contributed by atoms with Gasteiger partial charge in [-0.05, 0) is 37.0 Å². The molecule has 5 nitrogen and oxygen atoms in total. The maximum absolute atomic E-state index is 10.6. The van der Waals surface area contributed by atoms with Crippen LogP contribution in [0.5, 0.6) is 0 Å². The van der Waals surface area contributed by atoms with E-state index in [9.17, 15) is 4.79 Å². The first-order valence-electron chi connectivity index (χ1n) is 6.96. The molecule has 0 bridgehead atoms. The van der Waals surface area contributed by atoms with Gasteiger partial charge in [-0.15, -0.1) is 0 Å². The Labute approximate surface area is 119 Å². The molecule has 1 aliphatic carbocycles. The SMILES string of the molecule is N#CC1CCCC(Nc2ccc(CNC(N)=O)cc2)C1. The van der Waals surface area contributed by atoms with Crippen LogP contribution in [-0.2, 0) is 6.54 Å². The second-order valence-corrected chi connectivity index (χ2v) is 5.25. The maximum Gasteiger partial charge on any atom is 0.312 e. The van der Waals surface area contributed by atoms with Gasteiger partial charge in [0.05, 0.1) is 6.07 Å². The van der Waals surface area contributed by atoms with Crippen molar-refractivity contribution in [2.24, 2.45) is 11.7 Å². The topological polar surface area (TPSA) is 90.9 Å². The van der Waals surface area contributed by atoms with Gasteiger partial charge in [0.25, 0.3) is 0 Å². The third kappa shape index (κ3) is 4.16. The van der Waals surface area contributed by atoms with Crippen molar-refractivity contribution in [2.75, 3.05) is 5.32 Å². The van der Waals surface area contributed by atoms with Crippen LogP contribution in [0.3, 0.4) is 0 Å². The Balaban J connectivity index is 1.87. The van der Waals surface area contributed by atoms with Crippen LogP contribution in [0.4, 0.5) is 10.5 Å². The molecule has 1 aliphatic rings. The van der Waals surface area contributed by atoms with Crippen LogP contribution in [0.15, 0.2) is 24.3 Å². The van der Waals surface area contributed by atoms with Gasteiger partial charge in [-0.1, -0.05) is 18.6 Å². The summed E-state index contributed by atoms with van der Waals surface area (Å²) in [5.41, 5.74) is 7.09. The summed E-state index contributed by atoms with van der Waals surface area (Å²) in [6.45, 7) is 0.440. The Morgan fingerprint density at radius 3 is 2.75 bits per heavy atom. The minimum absolute atomic E-state index is 0.181. The molecule has 1 aromatic rings. The second-order valence-electron chi connectivity index (χ2n) is 5.25. The lowest BCUT2D eigenvalue weighted by Gasteiger charge is -2.27. The van der Waals surface area contributed by atoms with E-state index in [-0.39, 0.29) is 5.92 Å². The molecule has 2 amide bonds. The molecule has 2 atom stereocenters. The predicted octanol–water partition coefficient (Wildman–Crippen LogP) is 2.35. The molecule has 1 fully saturated rings. The lowest BCUT2D eigenvalue weighted by molar-refractivity contribution is 0.248. The van der Waals surface area contributed by atoms with Crippen molar-refractivity contribution in [1.29, 1.82) is 5.26 Å². The van der Waals surface area contributed by atoms with E-state index in [1.807, 2.05) is 24.3 Å². The number of nitrogens with zero attached hydrogens (tertiary/aromatic N) is 1. The molecule has 1 saturated carbocycles. The highest BCUT2D eigenvalue weighted by Crippen LogP contribution is 2.26. The molecular formula is C15H20N4O. The molecule has 5 heteroatoms. The number of benzene rings is 1. The van der Waals surface area contributed by atoms with Gasteiger partial charge in [-0.25, -0.2) is 4.79 Å². The van der Waals surface area contributed by atoms with E-state index < -0.39 is 6.03 Å². The van der Waals surface area contributed by atoms with Crippen molar-refractivity contribution in [3.05, 3.63) is 29.8 Å². The number of amides is 2. The predicted molar refractivity (Wildman–Crippen MR) is 77.8 cm³/mol. The number of rotatable bonds is 4.